The van der Waals surface area contributed by atoms with Crippen molar-refractivity contribution in [3.05, 3.63) is 52.3 Å². The number of methoxy groups -OCH3 is 1. The van der Waals surface area contributed by atoms with Crippen LogP contribution in [0.15, 0.2) is 36.7 Å². The monoisotopic (exact) mass is 429 g/mol. The number of hydrogen-bond donors (Lipinski definition) is 1. The minimum Gasteiger partial charge on any atom is -0.494 e. The minimum atomic E-state index is -0.403. The fourth-order valence-electron chi connectivity index (χ4n) is 2.78. The van der Waals surface area contributed by atoms with Gasteiger partial charge in [-0.05, 0) is 29.5 Å². The van der Waals surface area contributed by atoms with Crippen LogP contribution in [-0.4, -0.2) is 43.2 Å². The number of rotatable bonds is 4. The number of pyridine rings is 2. The summed E-state index contributed by atoms with van der Waals surface area (Å²) < 4.78 is 5.41. The number of halogens is 2. The normalized spacial score (nSPS) is 10.9. The molecule has 1 amide bonds. The Morgan fingerprint density at radius 1 is 1.14 bits per heavy atom. The smallest absolute Gasteiger partial charge is 0.256 e. The van der Waals surface area contributed by atoms with Crippen LogP contribution >= 0.6 is 23.2 Å². The van der Waals surface area contributed by atoms with Gasteiger partial charge in [0.25, 0.3) is 5.91 Å². The molecule has 0 fully saturated rings. The highest BCUT2D eigenvalue weighted by atomic mass is 35.5. The molecule has 0 aliphatic heterocycles. The molecule has 146 valence electrons. The highest BCUT2D eigenvalue weighted by Gasteiger charge is 2.18. The fraction of sp³-hybridized carbons (Fsp3) is 0.111. The van der Waals surface area contributed by atoms with Crippen LogP contribution in [0.1, 0.15) is 10.4 Å². The van der Waals surface area contributed by atoms with E-state index in [1.54, 1.807) is 31.3 Å². The maximum absolute atomic E-state index is 12.9. The number of tetrazole rings is 1. The molecular weight excluding hydrogens is 417 g/mol. The second-order valence-electron chi connectivity index (χ2n) is 5.94. The molecule has 0 spiro atoms. The van der Waals surface area contributed by atoms with Crippen molar-refractivity contribution in [2.45, 2.75) is 0 Å². The summed E-state index contributed by atoms with van der Waals surface area (Å²) in [6.07, 6.45) is 2.80. The zero-order chi connectivity index (χ0) is 20.5. The lowest BCUT2D eigenvalue weighted by molar-refractivity contribution is 0.102. The van der Waals surface area contributed by atoms with Crippen LogP contribution in [0.5, 0.6) is 5.75 Å². The van der Waals surface area contributed by atoms with Crippen LogP contribution in [0.2, 0.25) is 10.0 Å². The molecule has 4 rings (SSSR count). The lowest BCUT2D eigenvalue weighted by atomic mass is 10.1. The van der Waals surface area contributed by atoms with Gasteiger partial charge in [0.2, 0.25) is 5.82 Å². The van der Waals surface area contributed by atoms with Crippen molar-refractivity contribution in [2.75, 3.05) is 12.4 Å². The molecule has 0 unspecified atom stereocenters. The first-order valence-electron chi connectivity index (χ1n) is 8.30. The van der Waals surface area contributed by atoms with Crippen LogP contribution in [-0.2, 0) is 7.05 Å². The van der Waals surface area contributed by atoms with E-state index in [2.05, 4.69) is 30.7 Å². The van der Waals surface area contributed by atoms with Gasteiger partial charge in [-0.2, -0.15) is 4.80 Å². The predicted molar refractivity (Wildman–Crippen MR) is 108 cm³/mol. The number of hydrogen-bond acceptors (Lipinski definition) is 7. The second-order valence-corrected chi connectivity index (χ2v) is 6.76. The van der Waals surface area contributed by atoms with Gasteiger partial charge < -0.3 is 10.1 Å². The van der Waals surface area contributed by atoms with Crippen LogP contribution in [0, 0.1) is 0 Å². The number of nitrogens with one attached hydrogen (secondary N) is 1. The first-order valence-corrected chi connectivity index (χ1v) is 9.06. The molecule has 9 nitrogen and oxygen atoms in total. The average Bonchev–Trinajstić information content (AvgIpc) is 3.15. The molecule has 4 aromatic rings. The van der Waals surface area contributed by atoms with Crippen LogP contribution in [0.4, 0.5) is 5.69 Å². The Hall–Kier alpha value is -3.30. The largest absolute Gasteiger partial charge is 0.494 e. The molecule has 0 radical (unpaired) electrons. The molecule has 1 aromatic carbocycles. The maximum Gasteiger partial charge on any atom is 0.256 e. The number of carbonyl (C=O) groups is 1. The number of fused-ring (bicyclic) bond motifs is 1. The molecule has 1 N–H and O–H groups in total. The summed E-state index contributed by atoms with van der Waals surface area (Å²) >= 11 is 12.2. The molecule has 3 aromatic heterocycles. The number of anilines is 1. The fourth-order valence-corrected chi connectivity index (χ4v) is 3.24. The van der Waals surface area contributed by atoms with Gasteiger partial charge in [-0.25, -0.2) is 4.98 Å². The zero-order valence-corrected chi connectivity index (χ0v) is 16.7. The van der Waals surface area contributed by atoms with E-state index < -0.39 is 5.91 Å². The van der Waals surface area contributed by atoms with Gasteiger partial charge in [0.15, 0.2) is 0 Å². The van der Waals surface area contributed by atoms with Crippen LogP contribution < -0.4 is 10.1 Å². The van der Waals surface area contributed by atoms with Crippen molar-refractivity contribution in [1.82, 2.24) is 30.2 Å². The van der Waals surface area contributed by atoms with Crippen molar-refractivity contribution in [2.24, 2.45) is 7.05 Å². The number of nitrogens with zero attached hydrogens (tertiary/aromatic N) is 6. The Bertz CT molecular complexity index is 1220. The van der Waals surface area contributed by atoms with Gasteiger partial charge >= 0.3 is 0 Å². The molecule has 0 saturated heterocycles. The standard InChI is InChI=1S/C18H13Cl2N7O2/c1-27-25-17(24-26-27)13-5-3-9-10(4-6-14(29-2)15(9)22-13)18(28)23-16-11(19)7-21-8-12(16)20/h3-8H,1-2H3,(H,21,23,28). The first kappa shape index (κ1) is 19.0. The van der Waals surface area contributed by atoms with Crippen molar-refractivity contribution >= 4 is 45.7 Å². The molecule has 11 heteroatoms. The SMILES string of the molecule is COc1ccc(C(=O)Nc2c(Cl)cncc2Cl)c2ccc(-c3nnn(C)n3)nc12. The number of aryl methyl sites for hydroxylation is 1. The van der Waals surface area contributed by atoms with E-state index >= 15 is 0 Å². The van der Waals surface area contributed by atoms with E-state index in [0.29, 0.717) is 33.7 Å². The Kier molecular flexibility index (Phi) is 4.99. The summed E-state index contributed by atoms with van der Waals surface area (Å²) in [5, 5.41) is 15.7. The van der Waals surface area contributed by atoms with Crippen molar-refractivity contribution in [3.63, 3.8) is 0 Å². The van der Waals surface area contributed by atoms with E-state index in [1.165, 1.54) is 24.3 Å². The third kappa shape index (κ3) is 3.57. The lowest BCUT2D eigenvalue weighted by Crippen LogP contribution is -2.13. The van der Waals surface area contributed by atoms with Gasteiger partial charge in [-0.15, -0.1) is 10.2 Å². The maximum atomic E-state index is 12.9. The number of aromatic nitrogens is 6. The van der Waals surface area contributed by atoms with Crippen LogP contribution in [0.25, 0.3) is 22.4 Å². The Morgan fingerprint density at radius 2 is 1.90 bits per heavy atom. The summed E-state index contributed by atoms with van der Waals surface area (Å²) in [6.45, 7) is 0. The van der Waals surface area contributed by atoms with Gasteiger partial charge in [-0.1, -0.05) is 23.2 Å². The van der Waals surface area contributed by atoms with Crippen molar-refractivity contribution < 1.29 is 9.53 Å². The summed E-state index contributed by atoms with van der Waals surface area (Å²) in [5.41, 5.74) is 1.64. The third-order valence-electron chi connectivity index (χ3n) is 4.11. The summed E-state index contributed by atoms with van der Waals surface area (Å²) in [7, 11) is 3.19. The second kappa shape index (κ2) is 7.61. The Labute approximate surface area is 174 Å². The number of ether oxygens (including phenoxy) is 1. The summed E-state index contributed by atoms with van der Waals surface area (Å²) in [5.74, 6) is 0.462. The van der Waals surface area contributed by atoms with Crippen LogP contribution in [0.3, 0.4) is 0 Å². The van der Waals surface area contributed by atoms with E-state index in [9.17, 15) is 4.79 Å². The van der Waals surface area contributed by atoms with Gasteiger partial charge in [-0.3, -0.25) is 9.78 Å². The minimum absolute atomic E-state index is 0.234. The highest BCUT2D eigenvalue weighted by Crippen LogP contribution is 2.32. The molecule has 3 heterocycles. The molecule has 0 bridgehead atoms. The van der Waals surface area contributed by atoms with Gasteiger partial charge in [0.1, 0.15) is 17.0 Å². The predicted octanol–water partition coefficient (Wildman–Crippen LogP) is 3.39. The molecule has 0 aliphatic rings. The van der Waals surface area contributed by atoms with E-state index in [0.717, 1.165) is 0 Å². The quantitative estimate of drug-likeness (QED) is 0.529. The van der Waals surface area contributed by atoms with E-state index in [1.807, 2.05) is 0 Å². The third-order valence-corrected chi connectivity index (χ3v) is 4.69. The van der Waals surface area contributed by atoms with E-state index in [-0.39, 0.29) is 15.7 Å². The van der Waals surface area contributed by atoms with Gasteiger partial charge in [0, 0.05) is 23.3 Å². The van der Waals surface area contributed by atoms with Gasteiger partial charge in [0.05, 0.1) is 29.9 Å². The molecule has 0 saturated carbocycles. The first-order chi connectivity index (χ1) is 14.0. The molecular formula is C18H13Cl2N7O2. The summed E-state index contributed by atoms with van der Waals surface area (Å²) in [6, 6.07) is 6.76. The lowest BCUT2D eigenvalue weighted by Gasteiger charge is -2.12. The zero-order valence-electron chi connectivity index (χ0n) is 15.2. The average molecular weight is 430 g/mol. The van der Waals surface area contributed by atoms with Crippen molar-refractivity contribution in [3.8, 4) is 17.3 Å². The number of carbonyl (C=O) groups excluding carboxylic acids is 1. The van der Waals surface area contributed by atoms with Crippen molar-refractivity contribution in [1.29, 1.82) is 0 Å². The Balaban J connectivity index is 1.80. The highest BCUT2D eigenvalue weighted by molar-refractivity contribution is 6.39. The number of amides is 1. The topological polar surface area (TPSA) is 108 Å². The number of benzene rings is 1. The molecule has 0 atom stereocenters. The Morgan fingerprint density at radius 3 is 2.55 bits per heavy atom. The molecule has 29 heavy (non-hydrogen) atoms. The molecule has 0 aliphatic carbocycles. The summed E-state index contributed by atoms with van der Waals surface area (Å²) in [4.78, 5) is 22.7. The van der Waals surface area contributed by atoms with E-state index in [4.69, 9.17) is 27.9 Å².